The Bertz CT molecular complexity index is 1320. The molecular formula is C25H21Cl2N3O2. The van der Waals surface area contributed by atoms with Crippen molar-refractivity contribution in [2.24, 2.45) is 5.73 Å². The van der Waals surface area contributed by atoms with Crippen molar-refractivity contribution in [3.63, 3.8) is 0 Å². The first-order valence-electron chi connectivity index (χ1n) is 10.1. The molecule has 0 fully saturated rings. The summed E-state index contributed by atoms with van der Waals surface area (Å²) in [6.07, 6.45) is 2.35. The Morgan fingerprint density at radius 3 is 2.50 bits per heavy atom. The number of Topliss-reactive ketones (excluding diaryl/α,β-unsaturated/α-hetero) is 1. The molecule has 0 bridgehead atoms. The van der Waals surface area contributed by atoms with Gasteiger partial charge in [0, 0.05) is 17.3 Å². The lowest BCUT2D eigenvalue weighted by atomic mass is 10.00. The molecule has 1 aromatic heterocycles. The van der Waals surface area contributed by atoms with Crippen molar-refractivity contribution in [2.45, 2.75) is 13.3 Å². The van der Waals surface area contributed by atoms with Gasteiger partial charge in [-0.2, -0.15) is 0 Å². The molecule has 0 aliphatic heterocycles. The molecule has 0 amide bonds. The zero-order valence-electron chi connectivity index (χ0n) is 17.3. The Labute approximate surface area is 195 Å². The monoisotopic (exact) mass is 465 g/mol. The lowest BCUT2D eigenvalue weighted by Gasteiger charge is -2.15. The Morgan fingerprint density at radius 1 is 1.06 bits per heavy atom. The fraction of sp³-hybridized carbons (Fsp3) is 0.120. The van der Waals surface area contributed by atoms with Crippen molar-refractivity contribution in [3.05, 3.63) is 82.0 Å². The van der Waals surface area contributed by atoms with Crippen LogP contribution in [0.4, 0.5) is 11.4 Å². The third-order valence-electron chi connectivity index (χ3n) is 5.23. The molecule has 0 saturated heterocycles. The number of benzene rings is 3. The number of fused-ring (bicyclic) bond motifs is 1. The molecule has 0 aliphatic rings. The molecule has 4 N–H and O–H groups in total. The number of ketones is 1. The number of pyridine rings is 1. The fourth-order valence-electron chi connectivity index (χ4n) is 3.62. The van der Waals surface area contributed by atoms with Crippen LogP contribution >= 0.6 is 23.2 Å². The van der Waals surface area contributed by atoms with Gasteiger partial charge in [0.15, 0.2) is 11.5 Å². The van der Waals surface area contributed by atoms with Gasteiger partial charge < -0.3 is 16.2 Å². The van der Waals surface area contributed by atoms with Gasteiger partial charge in [-0.1, -0.05) is 41.4 Å². The van der Waals surface area contributed by atoms with Gasteiger partial charge in [-0.05, 0) is 73.0 Å². The number of nitrogens with zero attached hydrogens (tertiary/aromatic N) is 1. The van der Waals surface area contributed by atoms with Gasteiger partial charge in [0.1, 0.15) is 0 Å². The quantitative estimate of drug-likeness (QED) is 0.288. The molecule has 0 radical (unpaired) electrons. The molecule has 162 valence electrons. The third-order valence-corrected chi connectivity index (χ3v) is 5.80. The number of nitrogens with one attached hydrogen (secondary N) is 1. The second-order valence-corrected chi connectivity index (χ2v) is 8.30. The SMILES string of the molecule is CC(=O)c1cnc2ccc(-c3cc(Cl)c(O)c(Cl)c3)cc2c1Nc1cccc(CCN)c1. The van der Waals surface area contributed by atoms with E-state index in [1.165, 1.54) is 6.92 Å². The van der Waals surface area contributed by atoms with E-state index >= 15 is 0 Å². The smallest absolute Gasteiger partial charge is 0.163 e. The van der Waals surface area contributed by atoms with Crippen LogP contribution in [-0.4, -0.2) is 22.4 Å². The number of anilines is 2. The molecule has 4 rings (SSSR count). The highest BCUT2D eigenvalue weighted by molar-refractivity contribution is 6.37. The highest BCUT2D eigenvalue weighted by Crippen LogP contribution is 2.38. The third kappa shape index (κ3) is 4.41. The van der Waals surface area contributed by atoms with Crippen molar-refractivity contribution in [2.75, 3.05) is 11.9 Å². The van der Waals surface area contributed by atoms with Crippen LogP contribution in [0.1, 0.15) is 22.8 Å². The normalized spacial score (nSPS) is 11.0. The van der Waals surface area contributed by atoms with E-state index in [1.54, 1.807) is 18.3 Å². The summed E-state index contributed by atoms with van der Waals surface area (Å²) in [6, 6.07) is 16.9. The van der Waals surface area contributed by atoms with Crippen LogP contribution in [0.5, 0.6) is 5.75 Å². The van der Waals surface area contributed by atoms with Gasteiger partial charge in [-0.25, -0.2) is 0 Å². The number of hydrogen-bond acceptors (Lipinski definition) is 5. The summed E-state index contributed by atoms with van der Waals surface area (Å²) in [7, 11) is 0. The van der Waals surface area contributed by atoms with Gasteiger partial charge >= 0.3 is 0 Å². The topological polar surface area (TPSA) is 88.2 Å². The number of hydrogen-bond donors (Lipinski definition) is 3. The fourth-order valence-corrected chi connectivity index (χ4v) is 4.11. The number of carbonyl (C=O) groups excluding carboxylic acids is 1. The molecule has 7 heteroatoms. The summed E-state index contributed by atoms with van der Waals surface area (Å²) in [6.45, 7) is 2.07. The lowest BCUT2D eigenvalue weighted by molar-refractivity contribution is 0.101. The predicted molar refractivity (Wildman–Crippen MR) is 131 cm³/mol. The maximum Gasteiger partial charge on any atom is 0.163 e. The van der Waals surface area contributed by atoms with Crippen molar-refractivity contribution >= 4 is 51.3 Å². The first-order valence-corrected chi connectivity index (χ1v) is 10.8. The lowest BCUT2D eigenvalue weighted by Crippen LogP contribution is -2.05. The first kappa shape index (κ1) is 22.1. The van der Waals surface area contributed by atoms with E-state index in [4.69, 9.17) is 28.9 Å². The summed E-state index contributed by atoms with van der Waals surface area (Å²) in [4.78, 5) is 16.9. The minimum absolute atomic E-state index is 0.0962. The van der Waals surface area contributed by atoms with Crippen molar-refractivity contribution in [3.8, 4) is 16.9 Å². The second-order valence-electron chi connectivity index (χ2n) is 7.49. The van der Waals surface area contributed by atoms with Crippen LogP contribution in [-0.2, 0) is 6.42 Å². The summed E-state index contributed by atoms with van der Waals surface area (Å²) in [5, 5.41) is 14.4. The highest BCUT2D eigenvalue weighted by Gasteiger charge is 2.15. The molecule has 1 heterocycles. The van der Waals surface area contributed by atoms with E-state index in [-0.39, 0.29) is 21.6 Å². The van der Waals surface area contributed by atoms with Crippen LogP contribution in [0.2, 0.25) is 10.0 Å². The average molecular weight is 466 g/mol. The van der Waals surface area contributed by atoms with Crippen molar-refractivity contribution in [1.82, 2.24) is 4.98 Å². The van der Waals surface area contributed by atoms with E-state index in [0.717, 1.165) is 39.7 Å². The molecule has 32 heavy (non-hydrogen) atoms. The Balaban J connectivity index is 1.88. The highest BCUT2D eigenvalue weighted by atomic mass is 35.5. The van der Waals surface area contributed by atoms with Crippen LogP contribution in [0.3, 0.4) is 0 Å². The van der Waals surface area contributed by atoms with Gasteiger partial charge in [0.2, 0.25) is 0 Å². The summed E-state index contributed by atoms with van der Waals surface area (Å²) < 4.78 is 0. The second kappa shape index (κ2) is 9.17. The van der Waals surface area contributed by atoms with E-state index in [1.807, 2.05) is 42.5 Å². The predicted octanol–water partition coefficient (Wildman–Crippen LogP) is 6.36. The molecular weight excluding hydrogens is 445 g/mol. The van der Waals surface area contributed by atoms with E-state index in [9.17, 15) is 9.90 Å². The molecule has 5 nitrogen and oxygen atoms in total. The van der Waals surface area contributed by atoms with E-state index in [2.05, 4.69) is 10.3 Å². The van der Waals surface area contributed by atoms with E-state index in [0.29, 0.717) is 17.8 Å². The molecule has 0 unspecified atom stereocenters. The van der Waals surface area contributed by atoms with Crippen LogP contribution in [0.15, 0.2) is 60.8 Å². The van der Waals surface area contributed by atoms with Crippen molar-refractivity contribution < 1.29 is 9.90 Å². The molecule has 0 spiro atoms. The number of aromatic hydroxyl groups is 1. The molecule has 0 aliphatic carbocycles. The Hall–Kier alpha value is -3.12. The Morgan fingerprint density at radius 2 is 1.81 bits per heavy atom. The van der Waals surface area contributed by atoms with E-state index < -0.39 is 0 Å². The van der Waals surface area contributed by atoms with Crippen LogP contribution in [0.25, 0.3) is 22.0 Å². The van der Waals surface area contributed by atoms with Gasteiger partial charge in [-0.15, -0.1) is 0 Å². The average Bonchev–Trinajstić information content (AvgIpc) is 2.77. The maximum absolute atomic E-state index is 12.4. The van der Waals surface area contributed by atoms with Crippen LogP contribution in [0, 0.1) is 0 Å². The standard InChI is InChI=1S/C25H21Cl2N3O2/c1-14(31)20-13-29-23-6-5-16(17-11-21(26)25(32)22(27)12-17)10-19(23)24(20)30-18-4-2-3-15(9-18)7-8-28/h2-6,9-13,32H,7-8,28H2,1H3,(H,29,30). The van der Waals surface area contributed by atoms with Gasteiger partial charge in [0.25, 0.3) is 0 Å². The minimum Gasteiger partial charge on any atom is -0.505 e. The number of phenols is 1. The summed E-state index contributed by atoms with van der Waals surface area (Å²) in [5.74, 6) is -0.251. The van der Waals surface area contributed by atoms with Gasteiger partial charge in [-0.3, -0.25) is 9.78 Å². The number of halogens is 2. The summed E-state index contributed by atoms with van der Waals surface area (Å²) >= 11 is 12.2. The van der Waals surface area contributed by atoms with Crippen LogP contribution < -0.4 is 11.1 Å². The van der Waals surface area contributed by atoms with Crippen molar-refractivity contribution in [1.29, 1.82) is 0 Å². The number of rotatable bonds is 6. The minimum atomic E-state index is -0.155. The zero-order chi connectivity index (χ0) is 22.8. The number of nitrogens with two attached hydrogens (primary N) is 1. The molecule has 0 atom stereocenters. The molecule has 3 aromatic carbocycles. The summed E-state index contributed by atoms with van der Waals surface area (Å²) in [5.41, 5.74) is 11.1. The zero-order valence-corrected chi connectivity index (χ0v) is 18.8. The number of carbonyl (C=O) groups is 1. The molecule has 4 aromatic rings. The largest absolute Gasteiger partial charge is 0.505 e. The number of aromatic nitrogens is 1. The maximum atomic E-state index is 12.4. The number of phenolic OH excluding ortho intramolecular Hbond substituents is 1. The van der Waals surface area contributed by atoms with Gasteiger partial charge in [0.05, 0.1) is 26.8 Å². The molecule has 0 saturated carbocycles. The Kier molecular flexibility index (Phi) is 6.33. The first-order chi connectivity index (χ1) is 15.4.